The number of carbonyl (C=O) groups excluding carboxylic acids is 1. The summed E-state index contributed by atoms with van der Waals surface area (Å²) in [7, 11) is 0. The molecule has 5 rings (SSSR count). The second-order valence-electron chi connectivity index (χ2n) is 8.83. The van der Waals surface area contributed by atoms with E-state index in [1.807, 2.05) is 18.2 Å². The summed E-state index contributed by atoms with van der Waals surface area (Å²) in [6, 6.07) is 16.1. The van der Waals surface area contributed by atoms with Crippen molar-refractivity contribution in [3.05, 3.63) is 48.5 Å². The topological polar surface area (TPSA) is 71.3 Å². The number of hydrogen-bond acceptors (Lipinski definition) is 6. The molecule has 0 aliphatic carbocycles. The van der Waals surface area contributed by atoms with Crippen molar-refractivity contribution in [2.75, 3.05) is 62.3 Å². The highest BCUT2D eigenvalue weighted by molar-refractivity contribution is 7.23. The van der Waals surface area contributed by atoms with Gasteiger partial charge < -0.3 is 20.1 Å². The van der Waals surface area contributed by atoms with Gasteiger partial charge in [0.15, 0.2) is 11.5 Å². The molecule has 7 nitrogen and oxygen atoms in total. The molecule has 0 bridgehead atoms. The fourth-order valence-electron chi connectivity index (χ4n) is 4.61. The second kappa shape index (κ2) is 10.5. The summed E-state index contributed by atoms with van der Waals surface area (Å²) < 4.78 is 12.8. The first-order valence-corrected chi connectivity index (χ1v) is 12.9. The molecule has 2 aliphatic heterocycles. The highest BCUT2D eigenvalue weighted by atomic mass is 32.1. The van der Waals surface area contributed by atoms with Crippen LogP contribution in [0.1, 0.15) is 19.3 Å². The number of rotatable bonds is 7. The quantitative estimate of drug-likeness (QED) is 0.503. The van der Waals surface area contributed by atoms with Crippen LogP contribution in [0.15, 0.2) is 48.5 Å². The molecule has 0 saturated carbocycles. The minimum absolute atomic E-state index is 0.379. The maximum atomic E-state index is 12.1. The number of urea groups is 1. The van der Waals surface area contributed by atoms with Gasteiger partial charge in [0, 0.05) is 55.6 Å². The average Bonchev–Trinajstić information content (AvgIpc) is 3.14. The number of primary amides is 1. The Morgan fingerprint density at radius 2 is 1.76 bits per heavy atom. The van der Waals surface area contributed by atoms with Gasteiger partial charge in [0.1, 0.15) is 5.00 Å². The predicted octanol–water partition coefficient (Wildman–Crippen LogP) is 4.55. The molecule has 3 aromatic rings. The zero-order chi connectivity index (χ0) is 23.3. The Balaban J connectivity index is 1.08. The molecule has 0 spiro atoms. The van der Waals surface area contributed by atoms with Crippen LogP contribution in [-0.2, 0) is 0 Å². The third-order valence-corrected chi connectivity index (χ3v) is 7.66. The van der Waals surface area contributed by atoms with Crippen molar-refractivity contribution in [3.63, 3.8) is 0 Å². The van der Waals surface area contributed by atoms with Crippen molar-refractivity contribution in [3.8, 4) is 11.5 Å². The van der Waals surface area contributed by atoms with Crippen LogP contribution < -0.4 is 25.0 Å². The fourth-order valence-corrected chi connectivity index (χ4v) is 5.71. The Kier molecular flexibility index (Phi) is 7.06. The highest BCUT2D eigenvalue weighted by Gasteiger charge is 2.20. The standard InChI is InChI=1S/C26H32N4O3S/c27-26(31)30(25-18-20-6-1-2-7-24(20)34-25)11-4-3-10-28-12-14-29(15-13-28)21-8-9-22-23(19-21)33-17-5-16-32-22/h1-2,6-9,18-19H,3-5,10-17H2,(H2,27,31). The number of anilines is 2. The van der Waals surface area contributed by atoms with E-state index in [-0.39, 0.29) is 6.03 Å². The van der Waals surface area contributed by atoms with E-state index in [1.165, 1.54) is 10.4 Å². The Hall–Kier alpha value is -2.97. The van der Waals surface area contributed by atoms with Gasteiger partial charge in [-0.1, -0.05) is 18.2 Å². The van der Waals surface area contributed by atoms with Crippen molar-refractivity contribution in [1.29, 1.82) is 0 Å². The molecule has 2 aliphatic rings. The Morgan fingerprint density at radius 3 is 2.56 bits per heavy atom. The molecule has 3 heterocycles. The van der Waals surface area contributed by atoms with Crippen LogP contribution in [0.2, 0.25) is 0 Å². The van der Waals surface area contributed by atoms with Crippen molar-refractivity contribution in [1.82, 2.24) is 4.90 Å². The Bertz CT molecular complexity index is 1090. The molecule has 2 aromatic carbocycles. The minimum Gasteiger partial charge on any atom is -0.490 e. The van der Waals surface area contributed by atoms with Crippen LogP contribution in [0.25, 0.3) is 10.1 Å². The second-order valence-corrected chi connectivity index (χ2v) is 9.89. The summed E-state index contributed by atoms with van der Waals surface area (Å²) in [5.41, 5.74) is 6.90. The number of amides is 2. The Morgan fingerprint density at radius 1 is 0.971 bits per heavy atom. The van der Waals surface area contributed by atoms with Gasteiger partial charge in [0.05, 0.1) is 13.2 Å². The lowest BCUT2D eigenvalue weighted by Gasteiger charge is -2.36. The number of nitrogens with zero attached hydrogens (tertiary/aromatic N) is 3. The van der Waals surface area contributed by atoms with Crippen LogP contribution in [0, 0.1) is 0 Å². The summed E-state index contributed by atoms with van der Waals surface area (Å²) in [5, 5.41) is 2.08. The lowest BCUT2D eigenvalue weighted by molar-refractivity contribution is 0.249. The largest absolute Gasteiger partial charge is 0.490 e. The third-order valence-electron chi connectivity index (χ3n) is 6.52. The Labute approximate surface area is 204 Å². The van der Waals surface area contributed by atoms with E-state index < -0.39 is 0 Å². The zero-order valence-electron chi connectivity index (χ0n) is 19.4. The molecular weight excluding hydrogens is 448 g/mol. The van der Waals surface area contributed by atoms with E-state index in [2.05, 4.69) is 40.1 Å². The smallest absolute Gasteiger partial charge is 0.319 e. The number of benzene rings is 2. The zero-order valence-corrected chi connectivity index (χ0v) is 20.3. The third kappa shape index (κ3) is 5.23. The van der Waals surface area contributed by atoms with Crippen LogP contribution in [-0.4, -0.2) is 63.4 Å². The maximum absolute atomic E-state index is 12.1. The molecule has 1 aromatic heterocycles. The minimum atomic E-state index is -0.379. The molecule has 1 saturated heterocycles. The summed E-state index contributed by atoms with van der Waals surface area (Å²) in [4.78, 5) is 18.7. The molecule has 180 valence electrons. The van der Waals surface area contributed by atoms with Gasteiger partial charge >= 0.3 is 6.03 Å². The van der Waals surface area contributed by atoms with Crippen molar-refractivity contribution < 1.29 is 14.3 Å². The van der Waals surface area contributed by atoms with Gasteiger partial charge in [-0.2, -0.15) is 0 Å². The summed E-state index contributed by atoms with van der Waals surface area (Å²) in [6.07, 6.45) is 2.89. The summed E-state index contributed by atoms with van der Waals surface area (Å²) >= 11 is 1.62. The molecule has 8 heteroatoms. The molecule has 2 N–H and O–H groups in total. The first kappa shape index (κ1) is 22.8. The highest BCUT2D eigenvalue weighted by Crippen LogP contribution is 2.34. The van der Waals surface area contributed by atoms with Crippen LogP contribution >= 0.6 is 11.3 Å². The first-order chi connectivity index (χ1) is 16.7. The van der Waals surface area contributed by atoms with Crippen LogP contribution in [0.5, 0.6) is 11.5 Å². The van der Waals surface area contributed by atoms with E-state index in [0.717, 1.165) is 73.9 Å². The van der Waals surface area contributed by atoms with Crippen molar-refractivity contribution in [2.24, 2.45) is 5.73 Å². The molecular formula is C26H32N4O3S. The number of hydrogen-bond donors (Lipinski definition) is 1. The van der Waals surface area contributed by atoms with Crippen LogP contribution in [0.4, 0.5) is 15.5 Å². The van der Waals surface area contributed by atoms with Crippen molar-refractivity contribution in [2.45, 2.75) is 19.3 Å². The number of ether oxygens (including phenoxy) is 2. The SMILES string of the molecule is NC(=O)N(CCCCN1CCN(c2ccc3c(c2)OCCCO3)CC1)c1cc2ccccc2s1. The van der Waals surface area contributed by atoms with Gasteiger partial charge in [0.2, 0.25) is 0 Å². The predicted molar refractivity (Wildman–Crippen MR) is 139 cm³/mol. The normalized spacial score (nSPS) is 16.4. The van der Waals surface area contributed by atoms with E-state index in [9.17, 15) is 4.79 Å². The average molecular weight is 481 g/mol. The number of unbranched alkanes of at least 4 members (excludes halogenated alkanes) is 1. The lowest BCUT2D eigenvalue weighted by Crippen LogP contribution is -2.46. The fraction of sp³-hybridized carbons (Fsp3) is 0.423. The number of fused-ring (bicyclic) bond motifs is 2. The van der Waals surface area contributed by atoms with Gasteiger partial charge in [0.25, 0.3) is 0 Å². The van der Waals surface area contributed by atoms with Gasteiger partial charge in [-0.05, 0) is 49.0 Å². The molecule has 0 atom stereocenters. The summed E-state index contributed by atoms with van der Waals surface area (Å²) in [6.45, 7) is 7.16. The molecule has 34 heavy (non-hydrogen) atoms. The first-order valence-electron chi connectivity index (χ1n) is 12.1. The number of thiophene rings is 1. The van der Waals surface area contributed by atoms with Crippen molar-refractivity contribution >= 4 is 38.1 Å². The number of piperazine rings is 1. The van der Waals surface area contributed by atoms with E-state index in [0.29, 0.717) is 19.8 Å². The summed E-state index contributed by atoms with van der Waals surface area (Å²) in [5.74, 6) is 1.70. The van der Waals surface area contributed by atoms with E-state index in [1.54, 1.807) is 16.2 Å². The lowest BCUT2D eigenvalue weighted by atomic mass is 10.2. The number of carbonyl (C=O) groups is 1. The molecule has 0 radical (unpaired) electrons. The number of nitrogens with two attached hydrogens (primary N) is 1. The maximum Gasteiger partial charge on any atom is 0.319 e. The van der Waals surface area contributed by atoms with Crippen LogP contribution in [0.3, 0.4) is 0 Å². The monoisotopic (exact) mass is 480 g/mol. The van der Waals surface area contributed by atoms with E-state index >= 15 is 0 Å². The molecule has 2 amide bonds. The van der Waals surface area contributed by atoms with Gasteiger partial charge in [-0.25, -0.2) is 4.79 Å². The van der Waals surface area contributed by atoms with Gasteiger partial charge in [-0.15, -0.1) is 11.3 Å². The molecule has 0 unspecified atom stereocenters. The van der Waals surface area contributed by atoms with E-state index in [4.69, 9.17) is 15.2 Å². The molecule has 1 fully saturated rings. The van der Waals surface area contributed by atoms with Gasteiger partial charge in [-0.3, -0.25) is 9.80 Å².